The predicted octanol–water partition coefficient (Wildman–Crippen LogP) is 2.95. The first kappa shape index (κ1) is 13.6. The molecule has 0 aliphatic heterocycles. The molecular formula is C11H16Cl2N2O. The molecule has 5 heteroatoms. The number of hydrogen-bond acceptors (Lipinski definition) is 3. The van der Waals surface area contributed by atoms with Gasteiger partial charge in [0.05, 0.1) is 11.6 Å². The van der Waals surface area contributed by atoms with E-state index in [9.17, 15) is 0 Å². The van der Waals surface area contributed by atoms with Crippen LogP contribution in [0.15, 0.2) is 12.3 Å². The Balaban J connectivity index is 2.83. The summed E-state index contributed by atoms with van der Waals surface area (Å²) in [5.41, 5.74) is 0.907. The van der Waals surface area contributed by atoms with E-state index in [1.54, 1.807) is 13.3 Å². The summed E-state index contributed by atoms with van der Waals surface area (Å²) < 4.78 is 5.05. The molecule has 16 heavy (non-hydrogen) atoms. The van der Waals surface area contributed by atoms with Crippen LogP contribution in [0.1, 0.15) is 12.5 Å². The molecule has 1 heterocycles. The second-order valence-electron chi connectivity index (χ2n) is 3.34. The molecule has 1 aromatic heterocycles. The number of methoxy groups -OCH3 is 1. The lowest BCUT2D eigenvalue weighted by Gasteiger charge is -2.22. The van der Waals surface area contributed by atoms with Crippen molar-refractivity contribution in [2.45, 2.75) is 12.8 Å². The Labute approximate surface area is 106 Å². The molecule has 0 spiro atoms. The van der Waals surface area contributed by atoms with Crippen LogP contribution in [0.2, 0.25) is 5.02 Å². The van der Waals surface area contributed by atoms with Crippen molar-refractivity contribution in [2.75, 3.05) is 31.7 Å². The van der Waals surface area contributed by atoms with Crippen molar-refractivity contribution in [3.8, 4) is 0 Å². The normalized spacial score (nSPS) is 10.5. The van der Waals surface area contributed by atoms with E-state index in [1.807, 2.05) is 6.07 Å². The number of anilines is 1. The van der Waals surface area contributed by atoms with Gasteiger partial charge < -0.3 is 9.64 Å². The van der Waals surface area contributed by atoms with Crippen molar-refractivity contribution in [3.05, 3.63) is 22.8 Å². The number of hydrogen-bond donors (Lipinski definition) is 0. The molecule has 0 radical (unpaired) electrons. The Morgan fingerprint density at radius 2 is 2.25 bits per heavy atom. The van der Waals surface area contributed by atoms with Crippen molar-refractivity contribution in [2.24, 2.45) is 0 Å². The molecule has 1 aromatic rings. The Morgan fingerprint density at radius 1 is 1.50 bits per heavy atom. The average Bonchev–Trinajstić information content (AvgIpc) is 2.32. The van der Waals surface area contributed by atoms with Gasteiger partial charge in [0.2, 0.25) is 0 Å². The van der Waals surface area contributed by atoms with Gasteiger partial charge in [-0.1, -0.05) is 11.6 Å². The van der Waals surface area contributed by atoms with Crippen LogP contribution in [0, 0.1) is 0 Å². The Bertz CT molecular complexity index is 334. The average molecular weight is 263 g/mol. The lowest BCUT2D eigenvalue weighted by Crippen LogP contribution is -2.27. The Kier molecular flexibility index (Phi) is 5.88. The van der Waals surface area contributed by atoms with Crippen molar-refractivity contribution in [1.82, 2.24) is 4.98 Å². The van der Waals surface area contributed by atoms with Gasteiger partial charge in [0.15, 0.2) is 0 Å². The van der Waals surface area contributed by atoms with E-state index in [2.05, 4.69) is 16.8 Å². The van der Waals surface area contributed by atoms with Crippen molar-refractivity contribution < 1.29 is 4.74 Å². The minimum absolute atomic E-state index is 0.399. The summed E-state index contributed by atoms with van der Waals surface area (Å²) in [6.45, 7) is 4.43. The number of likely N-dealkylation sites (N-methyl/N-ethyl adjacent to an activating group) is 1. The van der Waals surface area contributed by atoms with Gasteiger partial charge in [0, 0.05) is 32.3 Å². The first-order chi connectivity index (χ1) is 7.72. The maximum absolute atomic E-state index is 5.96. The van der Waals surface area contributed by atoms with Crippen LogP contribution in [-0.2, 0) is 10.6 Å². The van der Waals surface area contributed by atoms with E-state index >= 15 is 0 Å². The van der Waals surface area contributed by atoms with E-state index in [0.29, 0.717) is 17.5 Å². The number of nitrogens with zero attached hydrogens (tertiary/aromatic N) is 2. The predicted molar refractivity (Wildman–Crippen MR) is 68.6 cm³/mol. The fourth-order valence-electron chi connectivity index (χ4n) is 1.38. The highest BCUT2D eigenvalue weighted by Crippen LogP contribution is 2.21. The highest BCUT2D eigenvalue weighted by atomic mass is 35.5. The zero-order valence-electron chi connectivity index (χ0n) is 9.54. The van der Waals surface area contributed by atoms with E-state index in [1.165, 1.54) is 0 Å². The topological polar surface area (TPSA) is 25.4 Å². The minimum Gasteiger partial charge on any atom is -0.383 e. The van der Waals surface area contributed by atoms with Gasteiger partial charge in [0.1, 0.15) is 5.82 Å². The number of halogens is 2. The van der Waals surface area contributed by atoms with Crippen LogP contribution >= 0.6 is 23.2 Å². The van der Waals surface area contributed by atoms with Gasteiger partial charge in [-0.15, -0.1) is 11.6 Å². The minimum atomic E-state index is 0.399. The summed E-state index contributed by atoms with van der Waals surface area (Å²) in [5, 5.41) is 0.613. The third-order valence-corrected chi connectivity index (χ3v) is 2.96. The summed E-state index contributed by atoms with van der Waals surface area (Å²) in [6.07, 6.45) is 1.64. The van der Waals surface area contributed by atoms with Gasteiger partial charge in [0.25, 0.3) is 0 Å². The van der Waals surface area contributed by atoms with Gasteiger partial charge in [-0.25, -0.2) is 4.98 Å². The molecule has 0 aliphatic carbocycles. The lowest BCUT2D eigenvalue weighted by atomic mass is 10.3. The summed E-state index contributed by atoms with van der Waals surface area (Å²) in [6, 6.07) is 1.93. The van der Waals surface area contributed by atoms with E-state index in [4.69, 9.17) is 27.9 Å². The molecule has 0 saturated carbocycles. The van der Waals surface area contributed by atoms with Crippen LogP contribution in [-0.4, -0.2) is 31.8 Å². The molecule has 90 valence electrons. The quantitative estimate of drug-likeness (QED) is 0.738. The maximum Gasteiger partial charge on any atom is 0.128 e. The van der Waals surface area contributed by atoms with Crippen LogP contribution in [0.4, 0.5) is 5.82 Å². The van der Waals surface area contributed by atoms with Crippen LogP contribution < -0.4 is 4.90 Å². The molecule has 0 amide bonds. The number of alkyl halides is 1. The molecule has 0 aromatic carbocycles. The first-order valence-corrected chi connectivity index (χ1v) is 6.08. The summed E-state index contributed by atoms with van der Waals surface area (Å²) >= 11 is 11.8. The molecule has 0 atom stereocenters. The molecule has 0 fully saturated rings. The van der Waals surface area contributed by atoms with Crippen molar-refractivity contribution in [1.29, 1.82) is 0 Å². The zero-order chi connectivity index (χ0) is 12.0. The SMILES string of the molecule is CCN(CCOC)c1cc(CCl)c(Cl)cn1. The molecule has 3 nitrogen and oxygen atoms in total. The molecule has 1 rings (SSSR count). The Morgan fingerprint density at radius 3 is 2.81 bits per heavy atom. The van der Waals surface area contributed by atoms with E-state index in [-0.39, 0.29) is 0 Å². The summed E-state index contributed by atoms with van der Waals surface area (Å²) in [4.78, 5) is 6.41. The fraction of sp³-hybridized carbons (Fsp3) is 0.545. The molecule has 0 aliphatic rings. The highest BCUT2D eigenvalue weighted by molar-refractivity contribution is 6.32. The lowest BCUT2D eigenvalue weighted by molar-refractivity contribution is 0.205. The molecule has 0 saturated heterocycles. The maximum atomic E-state index is 5.96. The number of ether oxygens (including phenoxy) is 1. The fourth-order valence-corrected chi connectivity index (χ4v) is 1.84. The zero-order valence-corrected chi connectivity index (χ0v) is 11.1. The monoisotopic (exact) mass is 262 g/mol. The molecule has 0 unspecified atom stereocenters. The van der Waals surface area contributed by atoms with Gasteiger partial charge in [-0.05, 0) is 18.6 Å². The van der Waals surface area contributed by atoms with Gasteiger partial charge >= 0.3 is 0 Å². The molecule has 0 bridgehead atoms. The summed E-state index contributed by atoms with van der Waals surface area (Å²) in [7, 11) is 1.69. The van der Waals surface area contributed by atoms with Crippen LogP contribution in [0.3, 0.4) is 0 Å². The van der Waals surface area contributed by atoms with E-state index in [0.717, 1.165) is 24.5 Å². The molecular weight excluding hydrogens is 247 g/mol. The highest BCUT2D eigenvalue weighted by Gasteiger charge is 2.08. The third-order valence-electron chi connectivity index (χ3n) is 2.34. The van der Waals surface area contributed by atoms with E-state index < -0.39 is 0 Å². The third kappa shape index (κ3) is 3.51. The number of rotatable bonds is 6. The van der Waals surface area contributed by atoms with Crippen LogP contribution in [0.5, 0.6) is 0 Å². The second kappa shape index (κ2) is 6.94. The second-order valence-corrected chi connectivity index (χ2v) is 4.01. The molecule has 0 N–H and O–H groups in total. The van der Waals surface area contributed by atoms with Gasteiger partial charge in [-0.3, -0.25) is 0 Å². The Hall–Kier alpha value is -0.510. The van der Waals surface area contributed by atoms with Gasteiger partial charge in [-0.2, -0.15) is 0 Å². The van der Waals surface area contributed by atoms with Crippen LogP contribution in [0.25, 0.3) is 0 Å². The van der Waals surface area contributed by atoms with Crippen molar-refractivity contribution >= 4 is 29.0 Å². The van der Waals surface area contributed by atoms with Crippen molar-refractivity contribution in [3.63, 3.8) is 0 Å². The smallest absolute Gasteiger partial charge is 0.128 e. The number of pyridine rings is 1. The largest absolute Gasteiger partial charge is 0.383 e. The first-order valence-electron chi connectivity index (χ1n) is 5.17. The summed E-state index contributed by atoms with van der Waals surface area (Å²) in [5.74, 6) is 1.29. The standard InChI is InChI=1S/C11H16Cl2N2O/c1-3-15(4-5-16-2)11-6-9(7-12)10(13)8-14-11/h6,8H,3-5,7H2,1-2H3. The number of aromatic nitrogens is 1.